The molecule has 0 radical (unpaired) electrons. The molecule has 0 aliphatic rings. The van der Waals surface area contributed by atoms with Crippen LogP contribution in [0.1, 0.15) is 12.5 Å². The highest BCUT2D eigenvalue weighted by Gasteiger charge is 2.14. The average Bonchev–Trinajstić information content (AvgIpc) is 2.55. The summed E-state index contributed by atoms with van der Waals surface area (Å²) < 4.78 is 17.7. The lowest BCUT2D eigenvalue weighted by atomic mass is 10.2. The molecule has 0 fully saturated rings. The Kier molecular flexibility index (Phi) is 6.35. The van der Waals surface area contributed by atoms with Gasteiger partial charge in [0.15, 0.2) is 6.10 Å². The van der Waals surface area contributed by atoms with Crippen molar-refractivity contribution in [2.45, 2.75) is 24.8 Å². The highest BCUT2D eigenvalue weighted by molar-refractivity contribution is 7.85. The number of aryl methyl sites for hydroxylation is 1. The third-order valence-corrected chi connectivity index (χ3v) is 4.64. The number of hydrogen-bond acceptors (Lipinski definition) is 3. The second-order valence-electron chi connectivity index (χ2n) is 5.23. The van der Waals surface area contributed by atoms with E-state index in [1.165, 1.54) is 0 Å². The Bertz CT molecular complexity index is 673. The second kappa shape index (κ2) is 8.48. The van der Waals surface area contributed by atoms with Gasteiger partial charge < -0.3 is 10.1 Å². The Hall–Kier alpha value is -2.14. The number of nitrogens with one attached hydrogen (secondary N) is 1. The number of ether oxygens (including phenoxy) is 1. The minimum Gasteiger partial charge on any atom is -0.481 e. The van der Waals surface area contributed by atoms with Crippen molar-refractivity contribution < 1.29 is 13.7 Å². The first kappa shape index (κ1) is 17.2. The Labute approximate surface area is 139 Å². The highest BCUT2D eigenvalue weighted by atomic mass is 32.2. The monoisotopic (exact) mass is 331 g/mol. The van der Waals surface area contributed by atoms with Crippen LogP contribution >= 0.6 is 0 Å². The first-order valence-corrected chi connectivity index (χ1v) is 8.82. The smallest absolute Gasteiger partial charge is 0.260 e. The van der Waals surface area contributed by atoms with Gasteiger partial charge >= 0.3 is 0 Å². The maximum absolute atomic E-state index is 12.1. The van der Waals surface area contributed by atoms with Gasteiger partial charge in [-0.3, -0.25) is 9.00 Å². The zero-order valence-electron chi connectivity index (χ0n) is 13.3. The summed E-state index contributed by atoms with van der Waals surface area (Å²) in [6, 6.07) is 16.8. The van der Waals surface area contributed by atoms with Crippen molar-refractivity contribution in [2.75, 3.05) is 12.3 Å². The molecule has 0 aromatic heterocycles. The van der Waals surface area contributed by atoms with Gasteiger partial charge in [0.05, 0.1) is 10.8 Å². The zero-order chi connectivity index (χ0) is 16.7. The fraction of sp³-hybridized carbons (Fsp3) is 0.278. The summed E-state index contributed by atoms with van der Waals surface area (Å²) in [6.07, 6.45) is -0.595. The number of rotatable bonds is 7. The molecule has 0 spiro atoms. The first-order valence-electron chi connectivity index (χ1n) is 7.51. The summed E-state index contributed by atoms with van der Waals surface area (Å²) in [5, 5.41) is 2.76. The summed E-state index contributed by atoms with van der Waals surface area (Å²) >= 11 is 0. The Balaban J connectivity index is 1.77. The van der Waals surface area contributed by atoms with E-state index in [0.717, 1.165) is 10.5 Å². The van der Waals surface area contributed by atoms with Gasteiger partial charge in [-0.2, -0.15) is 0 Å². The average molecular weight is 331 g/mol. The van der Waals surface area contributed by atoms with Gasteiger partial charge in [-0.1, -0.05) is 30.3 Å². The van der Waals surface area contributed by atoms with Crippen molar-refractivity contribution >= 4 is 16.7 Å². The molecule has 23 heavy (non-hydrogen) atoms. The van der Waals surface area contributed by atoms with E-state index < -0.39 is 16.9 Å². The SMILES string of the molecule is Cc1cccc(O[C@@H](C)C(=O)NCC[S@](=O)c2ccccc2)c1. The number of hydrogen-bond donors (Lipinski definition) is 1. The Morgan fingerprint density at radius 2 is 1.91 bits per heavy atom. The fourth-order valence-corrected chi connectivity index (χ4v) is 3.03. The molecule has 0 heterocycles. The van der Waals surface area contributed by atoms with E-state index in [0.29, 0.717) is 18.0 Å². The summed E-state index contributed by atoms with van der Waals surface area (Å²) in [4.78, 5) is 12.8. The molecule has 2 rings (SSSR count). The van der Waals surface area contributed by atoms with Crippen molar-refractivity contribution in [2.24, 2.45) is 0 Å². The van der Waals surface area contributed by atoms with Gasteiger partial charge in [0.2, 0.25) is 0 Å². The molecule has 2 aromatic carbocycles. The van der Waals surface area contributed by atoms with E-state index in [2.05, 4.69) is 5.32 Å². The summed E-state index contributed by atoms with van der Waals surface area (Å²) in [5.74, 6) is 0.837. The van der Waals surface area contributed by atoms with Crippen LogP contribution in [0, 0.1) is 6.92 Å². The van der Waals surface area contributed by atoms with Crippen LogP contribution in [0.2, 0.25) is 0 Å². The van der Waals surface area contributed by atoms with E-state index in [1.54, 1.807) is 6.92 Å². The van der Waals surface area contributed by atoms with Crippen LogP contribution in [0.3, 0.4) is 0 Å². The molecule has 0 bridgehead atoms. The van der Waals surface area contributed by atoms with Crippen LogP contribution in [0.25, 0.3) is 0 Å². The van der Waals surface area contributed by atoms with E-state index in [1.807, 2.05) is 61.5 Å². The fourth-order valence-electron chi connectivity index (χ4n) is 2.05. The van der Waals surface area contributed by atoms with Crippen LogP contribution in [-0.4, -0.2) is 28.5 Å². The molecule has 5 heteroatoms. The minimum atomic E-state index is -1.11. The van der Waals surface area contributed by atoms with Crippen molar-refractivity contribution in [3.8, 4) is 5.75 Å². The summed E-state index contributed by atoms with van der Waals surface area (Å²) in [5.41, 5.74) is 1.08. The highest BCUT2D eigenvalue weighted by Crippen LogP contribution is 2.14. The standard InChI is InChI=1S/C18H21NO3S/c1-14-7-6-8-16(13-14)22-15(2)18(20)19-11-12-23(21)17-9-4-3-5-10-17/h3-10,13,15H,11-12H2,1-2H3,(H,19,20)/t15-,23-/m0/s1. The molecule has 2 aromatic rings. The zero-order valence-corrected chi connectivity index (χ0v) is 14.1. The van der Waals surface area contributed by atoms with E-state index in [4.69, 9.17) is 4.74 Å². The number of benzene rings is 2. The molecule has 122 valence electrons. The lowest BCUT2D eigenvalue weighted by molar-refractivity contribution is -0.127. The molecule has 2 atom stereocenters. The lowest BCUT2D eigenvalue weighted by Crippen LogP contribution is -2.38. The molecule has 1 N–H and O–H groups in total. The molecule has 4 nitrogen and oxygen atoms in total. The molecule has 0 aliphatic carbocycles. The van der Waals surface area contributed by atoms with Crippen molar-refractivity contribution in [1.82, 2.24) is 5.32 Å². The van der Waals surface area contributed by atoms with Gasteiger partial charge in [0.25, 0.3) is 5.91 Å². The Morgan fingerprint density at radius 3 is 2.61 bits per heavy atom. The van der Waals surface area contributed by atoms with Gasteiger partial charge in [-0.25, -0.2) is 0 Å². The van der Waals surface area contributed by atoms with Gasteiger partial charge in [-0.15, -0.1) is 0 Å². The lowest BCUT2D eigenvalue weighted by Gasteiger charge is -2.15. The molecule has 0 saturated heterocycles. The second-order valence-corrected chi connectivity index (χ2v) is 6.80. The van der Waals surface area contributed by atoms with E-state index in [9.17, 15) is 9.00 Å². The largest absolute Gasteiger partial charge is 0.481 e. The molecular weight excluding hydrogens is 310 g/mol. The molecule has 0 unspecified atom stereocenters. The minimum absolute atomic E-state index is 0.212. The third kappa shape index (κ3) is 5.53. The van der Waals surface area contributed by atoms with Crippen molar-refractivity contribution in [1.29, 1.82) is 0 Å². The molecule has 1 amide bonds. The maximum atomic E-state index is 12.1. The molecule has 0 saturated carbocycles. The normalized spacial score (nSPS) is 13.1. The maximum Gasteiger partial charge on any atom is 0.260 e. The number of carbonyl (C=O) groups excluding carboxylic acids is 1. The predicted octanol–water partition coefficient (Wildman–Crippen LogP) is 2.69. The van der Waals surface area contributed by atoms with E-state index in [-0.39, 0.29) is 5.91 Å². The van der Waals surface area contributed by atoms with Crippen LogP contribution < -0.4 is 10.1 Å². The molecule has 0 aliphatic heterocycles. The van der Waals surface area contributed by atoms with Crippen molar-refractivity contribution in [3.05, 3.63) is 60.2 Å². The first-order chi connectivity index (χ1) is 11.1. The topological polar surface area (TPSA) is 55.4 Å². The summed E-state index contributed by atoms with van der Waals surface area (Å²) in [6.45, 7) is 4.02. The van der Waals surface area contributed by atoms with Crippen LogP contribution in [0.15, 0.2) is 59.5 Å². The van der Waals surface area contributed by atoms with Gasteiger partial charge in [0, 0.05) is 17.2 Å². The van der Waals surface area contributed by atoms with Crippen LogP contribution in [0.4, 0.5) is 0 Å². The van der Waals surface area contributed by atoms with Crippen LogP contribution in [-0.2, 0) is 15.6 Å². The third-order valence-electron chi connectivity index (χ3n) is 3.26. The quantitative estimate of drug-likeness (QED) is 0.849. The van der Waals surface area contributed by atoms with Gasteiger partial charge in [-0.05, 0) is 43.7 Å². The number of carbonyl (C=O) groups is 1. The van der Waals surface area contributed by atoms with E-state index >= 15 is 0 Å². The van der Waals surface area contributed by atoms with Gasteiger partial charge in [0.1, 0.15) is 5.75 Å². The van der Waals surface area contributed by atoms with Crippen molar-refractivity contribution in [3.63, 3.8) is 0 Å². The molecular formula is C18H21NO3S. The Morgan fingerprint density at radius 1 is 1.17 bits per heavy atom. The summed E-state index contributed by atoms with van der Waals surface area (Å²) in [7, 11) is -1.11. The number of amides is 1. The predicted molar refractivity (Wildman–Crippen MR) is 92.0 cm³/mol. The van der Waals surface area contributed by atoms with Crippen LogP contribution in [0.5, 0.6) is 5.75 Å².